The highest BCUT2D eigenvalue weighted by Gasteiger charge is 1.98. The number of nitrogens with zero attached hydrogens (tertiary/aromatic N) is 1. The molecule has 74 valence electrons. The van der Waals surface area contributed by atoms with Crippen LogP contribution in [-0.2, 0) is 12.8 Å². The first-order valence-electron chi connectivity index (χ1n) is 5.39. The molecule has 0 fully saturated rings. The Labute approximate surface area is 80.8 Å². The van der Waals surface area contributed by atoms with Crippen LogP contribution in [0.5, 0.6) is 0 Å². The third-order valence-electron chi connectivity index (χ3n) is 2.25. The van der Waals surface area contributed by atoms with E-state index in [1.54, 1.807) is 0 Å². The molecule has 2 nitrogen and oxygen atoms in total. The fraction of sp³-hybridized carbons (Fsp3) is 0.727. The van der Waals surface area contributed by atoms with Crippen molar-refractivity contribution in [3.05, 3.63) is 17.7 Å². The summed E-state index contributed by atoms with van der Waals surface area (Å²) in [7, 11) is 0. The van der Waals surface area contributed by atoms with E-state index in [1.807, 2.05) is 6.20 Å². The third kappa shape index (κ3) is 3.62. The summed E-state index contributed by atoms with van der Waals surface area (Å²) < 4.78 is 0. The molecule has 0 saturated carbocycles. The number of hydrogen-bond donors (Lipinski definition) is 1. The van der Waals surface area contributed by atoms with Crippen molar-refractivity contribution in [1.82, 2.24) is 9.97 Å². The van der Waals surface area contributed by atoms with E-state index in [-0.39, 0.29) is 0 Å². The minimum atomic E-state index is 1.10. The second-order valence-electron chi connectivity index (χ2n) is 3.56. The van der Waals surface area contributed by atoms with Gasteiger partial charge in [-0.25, -0.2) is 4.98 Å². The molecule has 0 aliphatic heterocycles. The average Bonchev–Trinajstić information content (AvgIpc) is 2.59. The minimum absolute atomic E-state index is 1.10. The fourth-order valence-corrected chi connectivity index (χ4v) is 1.37. The molecule has 0 saturated heterocycles. The molecule has 0 amide bonds. The van der Waals surface area contributed by atoms with Crippen molar-refractivity contribution < 1.29 is 0 Å². The molecule has 0 atom stereocenters. The lowest BCUT2D eigenvalue weighted by Gasteiger charge is -1.94. The van der Waals surface area contributed by atoms with Crippen molar-refractivity contribution in [3.63, 3.8) is 0 Å². The molecule has 2 heteroatoms. The predicted octanol–water partition coefficient (Wildman–Crippen LogP) is 3.09. The maximum atomic E-state index is 4.35. The van der Waals surface area contributed by atoms with Crippen molar-refractivity contribution in [2.45, 2.75) is 52.4 Å². The zero-order valence-corrected chi connectivity index (χ0v) is 8.77. The molecule has 1 aromatic rings. The summed E-state index contributed by atoms with van der Waals surface area (Å²) in [6.07, 6.45) is 9.23. The number of H-pyrrole nitrogens is 1. The predicted molar refractivity (Wildman–Crippen MR) is 55.8 cm³/mol. The number of nitrogens with one attached hydrogen (secondary N) is 1. The van der Waals surface area contributed by atoms with Crippen LogP contribution in [0.4, 0.5) is 0 Å². The number of imidazole rings is 1. The Hall–Kier alpha value is -0.790. The molecule has 1 N–H and O–H groups in total. The van der Waals surface area contributed by atoms with Crippen LogP contribution in [0.15, 0.2) is 6.20 Å². The van der Waals surface area contributed by atoms with E-state index in [2.05, 4.69) is 23.8 Å². The summed E-state index contributed by atoms with van der Waals surface area (Å²) in [6.45, 7) is 4.43. The van der Waals surface area contributed by atoms with Crippen LogP contribution in [0, 0.1) is 0 Å². The van der Waals surface area contributed by atoms with Gasteiger partial charge >= 0.3 is 0 Å². The van der Waals surface area contributed by atoms with Gasteiger partial charge in [0.15, 0.2) is 0 Å². The van der Waals surface area contributed by atoms with Crippen molar-refractivity contribution in [3.8, 4) is 0 Å². The van der Waals surface area contributed by atoms with E-state index < -0.39 is 0 Å². The Bertz CT molecular complexity index is 205. The number of unbranched alkanes of at least 4 members (excludes halogenated alkanes) is 2. The summed E-state index contributed by atoms with van der Waals surface area (Å²) >= 11 is 0. The van der Waals surface area contributed by atoms with Gasteiger partial charge in [-0.05, 0) is 19.3 Å². The van der Waals surface area contributed by atoms with Crippen LogP contribution in [0.3, 0.4) is 0 Å². The molecule has 1 aromatic heterocycles. The van der Waals surface area contributed by atoms with E-state index in [1.165, 1.54) is 31.4 Å². The highest BCUT2D eigenvalue weighted by molar-refractivity contribution is 5.01. The second-order valence-corrected chi connectivity index (χ2v) is 3.56. The topological polar surface area (TPSA) is 28.7 Å². The van der Waals surface area contributed by atoms with E-state index in [0.29, 0.717) is 0 Å². The highest BCUT2D eigenvalue weighted by atomic mass is 14.9. The van der Waals surface area contributed by atoms with Gasteiger partial charge in [-0.1, -0.05) is 26.7 Å². The number of hydrogen-bond acceptors (Lipinski definition) is 1. The lowest BCUT2D eigenvalue weighted by atomic mass is 10.2. The van der Waals surface area contributed by atoms with Gasteiger partial charge in [-0.3, -0.25) is 0 Å². The quantitative estimate of drug-likeness (QED) is 0.716. The molecule has 0 aromatic carbocycles. The monoisotopic (exact) mass is 180 g/mol. The first-order chi connectivity index (χ1) is 6.36. The number of aryl methyl sites for hydroxylation is 2. The largest absolute Gasteiger partial charge is 0.346 e. The fourth-order valence-electron chi connectivity index (χ4n) is 1.37. The lowest BCUT2D eigenvalue weighted by molar-refractivity contribution is 0.749. The summed E-state index contributed by atoms with van der Waals surface area (Å²) in [5, 5.41) is 0. The van der Waals surface area contributed by atoms with Crippen molar-refractivity contribution in [1.29, 1.82) is 0 Å². The van der Waals surface area contributed by atoms with Crippen LogP contribution in [-0.4, -0.2) is 9.97 Å². The van der Waals surface area contributed by atoms with Gasteiger partial charge in [-0.15, -0.1) is 0 Å². The SMILES string of the molecule is CCCCc1cnc(CCCC)[nH]1. The molecule has 0 aliphatic rings. The van der Waals surface area contributed by atoms with Gasteiger partial charge in [0, 0.05) is 18.3 Å². The molecule has 0 radical (unpaired) electrons. The van der Waals surface area contributed by atoms with Crippen LogP contribution in [0.1, 0.15) is 51.0 Å². The third-order valence-corrected chi connectivity index (χ3v) is 2.25. The van der Waals surface area contributed by atoms with E-state index >= 15 is 0 Å². The maximum absolute atomic E-state index is 4.35. The van der Waals surface area contributed by atoms with Gasteiger partial charge in [0.2, 0.25) is 0 Å². The van der Waals surface area contributed by atoms with Gasteiger partial charge in [-0.2, -0.15) is 0 Å². The van der Waals surface area contributed by atoms with Gasteiger partial charge in [0.1, 0.15) is 5.82 Å². The Kier molecular flexibility index (Phi) is 4.58. The van der Waals surface area contributed by atoms with Crippen LogP contribution < -0.4 is 0 Å². The van der Waals surface area contributed by atoms with E-state index in [4.69, 9.17) is 0 Å². The van der Waals surface area contributed by atoms with Crippen LogP contribution in [0.2, 0.25) is 0 Å². The average molecular weight is 180 g/mol. The van der Waals surface area contributed by atoms with Gasteiger partial charge < -0.3 is 4.98 Å². The number of aromatic amines is 1. The van der Waals surface area contributed by atoms with Crippen LogP contribution >= 0.6 is 0 Å². The summed E-state index contributed by atoms with van der Waals surface area (Å²) in [5.74, 6) is 1.16. The van der Waals surface area contributed by atoms with Gasteiger partial charge in [0.25, 0.3) is 0 Å². The molecule has 0 spiro atoms. The Morgan fingerprint density at radius 2 is 1.85 bits per heavy atom. The smallest absolute Gasteiger partial charge is 0.106 e. The zero-order valence-electron chi connectivity index (χ0n) is 8.77. The van der Waals surface area contributed by atoms with Crippen molar-refractivity contribution in [2.24, 2.45) is 0 Å². The standard InChI is InChI=1S/C11H20N2/c1-3-5-7-10-9-12-11(13-10)8-6-4-2/h9H,3-8H2,1-2H3,(H,12,13). The Morgan fingerprint density at radius 3 is 2.54 bits per heavy atom. The van der Waals surface area contributed by atoms with E-state index in [0.717, 1.165) is 18.7 Å². The number of aromatic nitrogens is 2. The zero-order chi connectivity index (χ0) is 9.52. The van der Waals surface area contributed by atoms with Crippen LogP contribution in [0.25, 0.3) is 0 Å². The lowest BCUT2D eigenvalue weighted by Crippen LogP contribution is -1.89. The molecular formula is C11H20N2. The number of rotatable bonds is 6. The molecule has 1 rings (SSSR count). The normalized spacial score (nSPS) is 10.6. The molecule has 0 aliphatic carbocycles. The Morgan fingerprint density at radius 1 is 1.15 bits per heavy atom. The first kappa shape index (κ1) is 10.3. The highest BCUT2D eigenvalue weighted by Crippen LogP contribution is 2.05. The summed E-state index contributed by atoms with van der Waals surface area (Å²) in [4.78, 5) is 7.72. The maximum Gasteiger partial charge on any atom is 0.106 e. The second kappa shape index (κ2) is 5.79. The molecule has 0 bridgehead atoms. The Balaban J connectivity index is 2.34. The summed E-state index contributed by atoms with van der Waals surface area (Å²) in [5.41, 5.74) is 1.30. The molecule has 1 heterocycles. The van der Waals surface area contributed by atoms with Crippen molar-refractivity contribution >= 4 is 0 Å². The minimum Gasteiger partial charge on any atom is -0.346 e. The summed E-state index contributed by atoms with van der Waals surface area (Å²) in [6, 6.07) is 0. The van der Waals surface area contributed by atoms with E-state index in [9.17, 15) is 0 Å². The van der Waals surface area contributed by atoms with Crippen molar-refractivity contribution in [2.75, 3.05) is 0 Å². The molecule has 0 unspecified atom stereocenters. The molecule has 13 heavy (non-hydrogen) atoms. The van der Waals surface area contributed by atoms with Gasteiger partial charge in [0.05, 0.1) is 0 Å². The first-order valence-corrected chi connectivity index (χ1v) is 5.39. The molecular weight excluding hydrogens is 160 g/mol.